The number of carbonyl (C=O) groups is 1. The van der Waals surface area contributed by atoms with Crippen molar-refractivity contribution >= 4 is 43.1 Å². The van der Waals surface area contributed by atoms with E-state index in [4.69, 9.17) is 28.0 Å². The van der Waals surface area contributed by atoms with E-state index < -0.39 is 96.1 Å². The number of phosphoric ester groups is 2. The summed E-state index contributed by atoms with van der Waals surface area (Å²) in [6.07, 6.45) is -8.29. The molecule has 0 spiro atoms. The molecule has 2 fully saturated rings. The molecule has 3 aromatic carbocycles. The van der Waals surface area contributed by atoms with Crippen LogP contribution in [0, 0.1) is 0 Å². The molecule has 21 heteroatoms. The number of fused-ring (bicyclic) bond motifs is 2. The molecular formula is C41H61NO18P2. The number of rotatable bonds is 24. The number of amides is 1. The summed E-state index contributed by atoms with van der Waals surface area (Å²) in [5, 5.41) is 68.2. The first-order valence-electron chi connectivity index (χ1n) is 20.9. The average molecular weight is 918 g/mol. The first kappa shape index (κ1) is 50.5. The summed E-state index contributed by atoms with van der Waals surface area (Å²) in [6.45, 7) is 1.62. The minimum atomic E-state index is -5.58. The topological polar surface area (TPSA) is 290 Å². The van der Waals surface area contributed by atoms with Crippen molar-refractivity contribution in [1.82, 2.24) is 5.32 Å². The van der Waals surface area contributed by atoms with E-state index in [0.29, 0.717) is 19.4 Å². The zero-order valence-electron chi connectivity index (χ0n) is 34.8. The van der Waals surface area contributed by atoms with Crippen LogP contribution >= 0.6 is 15.6 Å². The highest BCUT2D eigenvalue weighted by Gasteiger charge is 2.53. The van der Waals surface area contributed by atoms with Gasteiger partial charge in [-0.25, -0.2) is 9.13 Å². The van der Waals surface area contributed by atoms with E-state index in [1.54, 1.807) is 0 Å². The zero-order chi connectivity index (χ0) is 45.0. The fourth-order valence-corrected chi connectivity index (χ4v) is 9.88. The van der Waals surface area contributed by atoms with Crippen molar-refractivity contribution in [3.05, 3.63) is 60.2 Å². The maximum absolute atomic E-state index is 13.0. The number of carbonyl (C=O) groups excluding carboxylic acids is 1. The molecule has 2 saturated heterocycles. The molecule has 0 aliphatic carbocycles. The molecule has 3 unspecified atom stereocenters. The molecule has 3 aromatic rings. The van der Waals surface area contributed by atoms with E-state index in [1.165, 1.54) is 27.1 Å². The molecule has 9 N–H and O–H groups in total. The lowest BCUT2D eigenvalue weighted by Crippen LogP contribution is -2.68. The lowest BCUT2D eigenvalue weighted by Gasteiger charge is -2.47. The molecule has 0 aromatic heterocycles. The Morgan fingerprint density at radius 2 is 1.29 bits per heavy atom. The summed E-state index contributed by atoms with van der Waals surface area (Å²) in [4.78, 5) is 32.8. The molecule has 0 saturated carbocycles. The van der Waals surface area contributed by atoms with Crippen molar-refractivity contribution in [1.29, 1.82) is 0 Å². The normalized spacial score (nSPS) is 29.3. The van der Waals surface area contributed by atoms with Gasteiger partial charge >= 0.3 is 15.6 Å². The molecule has 13 atom stereocenters. The van der Waals surface area contributed by atoms with Crippen molar-refractivity contribution in [2.45, 2.75) is 146 Å². The number of hydrogen-bond acceptors (Lipinski definition) is 16. The van der Waals surface area contributed by atoms with Gasteiger partial charge in [-0.2, -0.15) is 4.31 Å². The Morgan fingerprint density at radius 3 is 1.89 bits per heavy atom. The van der Waals surface area contributed by atoms with Gasteiger partial charge < -0.3 is 64.7 Å². The molecule has 1 amide bonds. The van der Waals surface area contributed by atoms with Gasteiger partial charge in [-0.15, -0.1) is 0 Å². The standard InChI is InChI=1S/C41H61NO18P2/c1-25(54-24-31-29-18-12-10-16-27(29)21-28-17-11-13-19-30(28)31)15-9-7-5-3-4-6-8-14-20-55-61(50,51)60-62(52,53)59-40-34(42-26(2)45)39(36(47)33(23-44)56-40)58-41-38(49)37(48)35(46)32(22-43)57-41/h10-13,16-19,21,25,32-41,43-44,46-49H,3-9,14-15,20,22-24H2,1-2H3,(H,42,45)(H,50,51)(H,52,53)/t25?,32-,33-,34-,35-,36+,37+,38-,39-,40-,41+/m1/s1. The third kappa shape index (κ3) is 14.0. The highest BCUT2D eigenvalue weighted by molar-refractivity contribution is 7.61. The van der Waals surface area contributed by atoms with Crippen LogP contribution in [0.15, 0.2) is 54.6 Å². The number of phosphoric acid groups is 2. The second kappa shape index (κ2) is 23.6. The Kier molecular flexibility index (Phi) is 19.2. The van der Waals surface area contributed by atoms with Crippen molar-refractivity contribution in [3.63, 3.8) is 0 Å². The fraction of sp³-hybridized carbons (Fsp3) is 0.634. The van der Waals surface area contributed by atoms with Crippen LogP contribution in [-0.4, -0.2) is 134 Å². The number of unbranched alkanes of at least 4 members (excludes halogenated alkanes) is 7. The number of aliphatic hydroxyl groups is 6. The summed E-state index contributed by atoms with van der Waals surface area (Å²) in [7, 11) is -10.8. The number of nitrogens with one attached hydrogen (secondary N) is 1. The van der Waals surface area contributed by atoms with E-state index in [2.05, 4.69) is 59.0 Å². The minimum Gasteiger partial charge on any atom is -0.394 e. The Morgan fingerprint density at radius 1 is 0.742 bits per heavy atom. The number of ether oxygens (including phenoxy) is 4. The summed E-state index contributed by atoms with van der Waals surface area (Å²) >= 11 is 0. The molecule has 0 bridgehead atoms. The first-order valence-corrected chi connectivity index (χ1v) is 23.9. The van der Waals surface area contributed by atoms with Gasteiger partial charge in [0.05, 0.1) is 32.5 Å². The van der Waals surface area contributed by atoms with Gasteiger partial charge in [-0.1, -0.05) is 93.5 Å². The van der Waals surface area contributed by atoms with Crippen LogP contribution in [0.4, 0.5) is 0 Å². The van der Waals surface area contributed by atoms with Crippen molar-refractivity contribution < 1.29 is 86.7 Å². The predicted octanol–water partition coefficient (Wildman–Crippen LogP) is 3.43. The number of benzene rings is 3. The first-order chi connectivity index (χ1) is 29.5. The molecule has 2 aliphatic rings. The lowest BCUT2D eigenvalue weighted by atomic mass is 9.95. The summed E-state index contributed by atoms with van der Waals surface area (Å²) in [5.74, 6) is -0.813. The monoisotopic (exact) mass is 917 g/mol. The maximum Gasteiger partial charge on any atom is 0.483 e. The van der Waals surface area contributed by atoms with E-state index in [9.17, 15) is 54.4 Å². The van der Waals surface area contributed by atoms with Crippen LogP contribution in [0.2, 0.25) is 0 Å². The molecule has 348 valence electrons. The average Bonchev–Trinajstić information content (AvgIpc) is 3.22. The zero-order valence-corrected chi connectivity index (χ0v) is 36.6. The Balaban J connectivity index is 0.998. The van der Waals surface area contributed by atoms with Crippen LogP contribution in [0.3, 0.4) is 0 Å². The largest absolute Gasteiger partial charge is 0.483 e. The molecule has 5 rings (SSSR count). The van der Waals surface area contributed by atoms with Crippen LogP contribution < -0.4 is 5.32 Å². The predicted molar refractivity (Wildman–Crippen MR) is 223 cm³/mol. The maximum atomic E-state index is 13.0. The van der Waals surface area contributed by atoms with Gasteiger partial charge in [0.2, 0.25) is 5.91 Å². The second-order valence-electron chi connectivity index (χ2n) is 15.7. The van der Waals surface area contributed by atoms with Crippen LogP contribution in [0.1, 0.15) is 77.2 Å². The van der Waals surface area contributed by atoms with Crippen molar-refractivity contribution in [3.8, 4) is 0 Å². The molecule has 0 radical (unpaired) electrons. The third-order valence-electron chi connectivity index (χ3n) is 11.0. The van der Waals surface area contributed by atoms with Gasteiger partial charge in [0.25, 0.3) is 0 Å². The Labute approximate surface area is 360 Å². The second-order valence-corrected chi connectivity index (χ2v) is 18.7. The van der Waals surface area contributed by atoms with Gasteiger partial charge in [0.1, 0.15) is 48.8 Å². The van der Waals surface area contributed by atoms with Gasteiger partial charge in [-0.05, 0) is 52.9 Å². The summed E-state index contributed by atoms with van der Waals surface area (Å²) in [6, 6.07) is 17.2. The van der Waals surface area contributed by atoms with E-state index >= 15 is 0 Å². The van der Waals surface area contributed by atoms with Gasteiger partial charge in [-0.3, -0.25) is 13.8 Å². The van der Waals surface area contributed by atoms with Crippen molar-refractivity contribution in [2.75, 3.05) is 19.8 Å². The van der Waals surface area contributed by atoms with Crippen molar-refractivity contribution in [2.24, 2.45) is 0 Å². The van der Waals surface area contributed by atoms with E-state index in [-0.39, 0.29) is 12.7 Å². The lowest BCUT2D eigenvalue weighted by molar-refractivity contribution is -0.340. The van der Waals surface area contributed by atoms with Crippen LogP contribution in [-0.2, 0) is 52.8 Å². The molecule has 2 aliphatic heterocycles. The third-order valence-corrected chi connectivity index (χ3v) is 13.6. The summed E-state index contributed by atoms with van der Waals surface area (Å²) in [5.41, 5.74) is 1.20. The molecule has 19 nitrogen and oxygen atoms in total. The Bertz CT molecular complexity index is 1920. The van der Waals surface area contributed by atoms with Crippen LogP contribution in [0.5, 0.6) is 0 Å². The van der Waals surface area contributed by atoms with Crippen LogP contribution in [0.25, 0.3) is 21.5 Å². The quantitative estimate of drug-likeness (QED) is 0.0353. The smallest absolute Gasteiger partial charge is 0.394 e. The van der Waals surface area contributed by atoms with Gasteiger partial charge in [0, 0.05) is 6.92 Å². The molecule has 2 heterocycles. The molecular weight excluding hydrogens is 856 g/mol. The highest BCUT2D eigenvalue weighted by Crippen LogP contribution is 2.61. The van der Waals surface area contributed by atoms with E-state index in [1.807, 2.05) is 12.1 Å². The molecule has 62 heavy (non-hydrogen) atoms. The minimum absolute atomic E-state index is 0.111. The highest BCUT2D eigenvalue weighted by atomic mass is 31.3. The number of aliphatic hydroxyl groups excluding tert-OH is 6. The van der Waals surface area contributed by atoms with E-state index in [0.717, 1.165) is 51.9 Å². The van der Waals surface area contributed by atoms with Gasteiger partial charge in [0.15, 0.2) is 12.6 Å². The number of hydrogen-bond donors (Lipinski definition) is 9. The summed E-state index contributed by atoms with van der Waals surface area (Å²) < 4.78 is 62.6. The Hall–Kier alpha value is -2.49. The fourth-order valence-electron chi connectivity index (χ4n) is 7.69. The SMILES string of the molecule is CC(=O)N[C@H]1[C@@H](OP(=O)(O)OP(=O)(O)OCCCCCCCCCCC(C)OCc2c3ccccc3cc3ccccc23)O[C@H](CO)[C@H](O)[C@@H]1O[C@@H]1O[C@H](CO)[C@@H](O)[C@H](O)[C@H]1O.